The molecule has 5 nitrogen and oxygen atoms in total. The molecule has 5 heteroatoms. The van der Waals surface area contributed by atoms with E-state index in [4.69, 9.17) is 0 Å². The SMILES string of the molecule is Cn1cc(CNC(=O)c2ccc(-n3cccc3)cc2)cn1. The number of amides is 1. The van der Waals surface area contributed by atoms with Crippen molar-refractivity contribution in [1.29, 1.82) is 0 Å². The Morgan fingerprint density at radius 3 is 2.52 bits per heavy atom. The van der Waals surface area contributed by atoms with E-state index in [1.165, 1.54) is 0 Å². The van der Waals surface area contributed by atoms with E-state index in [0.717, 1.165) is 11.3 Å². The maximum atomic E-state index is 12.1. The van der Waals surface area contributed by atoms with Crippen LogP contribution in [0.1, 0.15) is 15.9 Å². The smallest absolute Gasteiger partial charge is 0.251 e. The average molecular weight is 280 g/mol. The van der Waals surface area contributed by atoms with Gasteiger partial charge in [-0.1, -0.05) is 0 Å². The summed E-state index contributed by atoms with van der Waals surface area (Å²) in [5.41, 5.74) is 2.66. The molecule has 0 saturated carbocycles. The van der Waals surface area contributed by atoms with Gasteiger partial charge in [0.2, 0.25) is 0 Å². The van der Waals surface area contributed by atoms with E-state index in [2.05, 4.69) is 10.4 Å². The van der Waals surface area contributed by atoms with Crippen LogP contribution in [0.3, 0.4) is 0 Å². The highest BCUT2D eigenvalue weighted by atomic mass is 16.1. The van der Waals surface area contributed by atoms with Gasteiger partial charge in [0, 0.05) is 49.0 Å². The van der Waals surface area contributed by atoms with Crippen molar-refractivity contribution < 1.29 is 4.79 Å². The van der Waals surface area contributed by atoms with E-state index in [9.17, 15) is 4.79 Å². The van der Waals surface area contributed by atoms with E-state index < -0.39 is 0 Å². The van der Waals surface area contributed by atoms with Crippen LogP contribution < -0.4 is 5.32 Å². The first-order valence-corrected chi connectivity index (χ1v) is 6.71. The normalized spacial score (nSPS) is 10.5. The standard InChI is InChI=1S/C16H16N4O/c1-19-12-13(11-18-19)10-17-16(21)14-4-6-15(7-5-14)20-8-2-3-9-20/h2-9,11-12H,10H2,1H3,(H,17,21). The predicted molar refractivity (Wildman–Crippen MR) is 80.1 cm³/mol. The number of carbonyl (C=O) groups excluding carboxylic acids is 1. The fourth-order valence-electron chi connectivity index (χ4n) is 2.14. The molecule has 0 aliphatic heterocycles. The summed E-state index contributed by atoms with van der Waals surface area (Å²) < 4.78 is 3.71. The minimum atomic E-state index is -0.0853. The van der Waals surface area contributed by atoms with Crippen LogP contribution in [-0.2, 0) is 13.6 Å². The first-order valence-electron chi connectivity index (χ1n) is 6.71. The summed E-state index contributed by atoms with van der Waals surface area (Å²) in [5.74, 6) is -0.0853. The molecule has 1 amide bonds. The highest BCUT2D eigenvalue weighted by Gasteiger charge is 2.06. The van der Waals surface area contributed by atoms with Crippen molar-refractivity contribution in [3.63, 3.8) is 0 Å². The molecule has 0 fully saturated rings. The second-order valence-electron chi connectivity index (χ2n) is 4.84. The first-order chi connectivity index (χ1) is 10.2. The van der Waals surface area contributed by atoms with E-state index in [1.54, 1.807) is 10.9 Å². The molecule has 2 aromatic heterocycles. The maximum Gasteiger partial charge on any atom is 0.251 e. The van der Waals surface area contributed by atoms with E-state index in [1.807, 2.05) is 66.6 Å². The third-order valence-electron chi connectivity index (χ3n) is 3.24. The summed E-state index contributed by atoms with van der Waals surface area (Å²) in [6.07, 6.45) is 7.57. The Balaban J connectivity index is 1.65. The number of hydrogen-bond donors (Lipinski definition) is 1. The van der Waals surface area contributed by atoms with Gasteiger partial charge < -0.3 is 9.88 Å². The van der Waals surface area contributed by atoms with E-state index in [0.29, 0.717) is 12.1 Å². The highest BCUT2D eigenvalue weighted by Crippen LogP contribution is 2.10. The van der Waals surface area contributed by atoms with Crippen LogP contribution in [0.5, 0.6) is 0 Å². The van der Waals surface area contributed by atoms with Gasteiger partial charge in [0.15, 0.2) is 0 Å². The Morgan fingerprint density at radius 2 is 1.90 bits per heavy atom. The number of hydrogen-bond acceptors (Lipinski definition) is 2. The molecule has 0 unspecified atom stereocenters. The Hall–Kier alpha value is -2.82. The van der Waals surface area contributed by atoms with Gasteiger partial charge >= 0.3 is 0 Å². The van der Waals surface area contributed by atoms with Crippen molar-refractivity contribution in [1.82, 2.24) is 19.7 Å². The van der Waals surface area contributed by atoms with Crippen molar-refractivity contribution >= 4 is 5.91 Å². The zero-order chi connectivity index (χ0) is 14.7. The molecule has 3 aromatic rings. The topological polar surface area (TPSA) is 51.9 Å². The monoisotopic (exact) mass is 280 g/mol. The quantitative estimate of drug-likeness (QED) is 0.796. The number of rotatable bonds is 4. The Kier molecular flexibility index (Phi) is 3.55. The zero-order valence-corrected chi connectivity index (χ0v) is 11.7. The van der Waals surface area contributed by atoms with Gasteiger partial charge in [-0.3, -0.25) is 9.48 Å². The minimum Gasteiger partial charge on any atom is -0.348 e. The van der Waals surface area contributed by atoms with Crippen molar-refractivity contribution in [2.75, 3.05) is 0 Å². The van der Waals surface area contributed by atoms with Gasteiger partial charge in [0.1, 0.15) is 0 Å². The molecule has 0 aliphatic rings. The summed E-state index contributed by atoms with van der Waals surface area (Å²) in [4.78, 5) is 12.1. The fraction of sp³-hybridized carbons (Fsp3) is 0.125. The van der Waals surface area contributed by atoms with Gasteiger partial charge in [0.25, 0.3) is 5.91 Å². The average Bonchev–Trinajstić information content (AvgIpc) is 3.16. The number of nitrogens with zero attached hydrogens (tertiary/aromatic N) is 3. The molecule has 0 radical (unpaired) electrons. The molecule has 1 aromatic carbocycles. The van der Waals surface area contributed by atoms with Gasteiger partial charge in [-0.15, -0.1) is 0 Å². The van der Waals surface area contributed by atoms with E-state index >= 15 is 0 Å². The van der Waals surface area contributed by atoms with Crippen molar-refractivity contribution in [2.24, 2.45) is 7.05 Å². The lowest BCUT2D eigenvalue weighted by Gasteiger charge is -2.06. The number of aryl methyl sites for hydroxylation is 1. The summed E-state index contributed by atoms with van der Waals surface area (Å²) in [7, 11) is 1.85. The van der Waals surface area contributed by atoms with Crippen LogP contribution in [0.15, 0.2) is 61.2 Å². The highest BCUT2D eigenvalue weighted by molar-refractivity contribution is 5.94. The minimum absolute atomic E-state index is 0.0853. The molecule has 0 spiro atoms. The molecule has 106 valence electrons. The van der Waals surface area contributed by atoms with Crippen LogP contribution in [0, 0.1) is 0 Å². The van der Waals surface area contributed by atoms with Crippen LogP contribution >= 0.6 is 0 Å². The number of aromatic nitrogens is 3. The number of benzene rings is 1. The van der Waals surface area contributed by atoms with Crippen molar-refractivity contribution in [3.05, 3.63) is 72.3 Å². The third kappa shape index (κ3) is 3.02. The van der Waals surface area contributed by atoms with Crippen molar-refractivity contribution in [2.45, 2.75) is 6.54 Å². The van der Waals surface area contributed by atoms with Crippen LogP contribution in [-0.4, -0.2) is 20.3 Å². The lowest BCUT2D eigenvalue weighted by molar-refractivity contribution is 0.0951. The number of carbonyl (C=O) groups is 1. The second kappa shape index (κ2) is 5.66. The molecule has 2 heterocycles. The van der Waals surface area contributed by atoms with Gasteiger partial charge in [-0.25, -0.2) is 0 Å². The summed E-state index contributed by atoms with van der Waals surface area (Å²) in [5, 5.41) is 6.95. The third-order valence-corrected chi connectivity index (χ3v) is 3.24. The van der Waals surface area contributed by atoms with Crippen molar-refractivity contribution in [3.8, 4) is 5.69 Å². The lowest BCUT2D eigenvalue weighted by Crippen LogP contribution is -2.22. The van der Waals surface area contributed by atoms with Gasteiger partial charge in [0.05, 0.1) is 6.20 Å². The summed E-state index contributed by atoms with van der Waals surface area (Å²) in [6, 6.07) is 11.4. The summed E-state index contributed by atoms with van der Waals surface area (Å²) >= 11 is 0. The molecule has 21 heavy (non-hydrogen) atoms. The number of nitrogens with one attached hydrogen (secondary N) is 1. The van der Waals surface area contributed by atoms with Crippen LogP contribution in [0.25, 0.3) is 5.69 Å². The Bertz CT molecular complexity index is 726. The Morgan fingerprint density at radius 1 is 1.19 bits per heavy atom. The fourth-order valence-corrected chi connectivity index (χ4v) is 2.14. The zero-order valence-electron chi connectivity index (χ0n) is 11.7. The molecule has 0 bridgehead atoms. The first kappa shape index (κ1) is 13.2. The van der Waals surface area contributed by atoms with Crippen LogP contribution in [0.4, 0.5) is 0 Å². The molecule has 0 saturated heterocycles. The molecule has 1 N–H and O–H groups in total. The lowest BCUT2D eigenvalue weighted by atomic mass is 10.2. The molecular weight excluding hydrogens is 264 g/mol. The molecule has 3 rings (SSSR count). The molecular formula is C16H16N4O. The molecule has 0 atom stereocenters. The van der Waals surface area contributed by atoms with Gasteiger partial charge in [-0.2, -0.15) is 5.10 Å². The predicted octanol–water partition coefficient (Wildman–Crippen LogP) is 2.14. The maximum absolute atomic E-state index is 12.1. The summed E-state index contributed by atoms with van der Waals surface area (Å²) in [6.45, 7) is 0.478. The van der Waals surface area contributed by atoms with Crippen LogP contribution in [0.2, 0.25) is 0 Å². The van der Waals surface area contributed by atoms with Gasteiger partial charge in [-0.05, 0) is 36.4 Å². The second-order valence-corrected chi connectivity index (χ2v) is 4.84. The molecule has 0 aliphatic carbocycles. The Labute approximate surface area is 122 Å². The largest absolute Gasteiger partial charge is 0.348 e. The van der Waals surface area contributed by atoms with E-state index in [-0.39, 0.29) is 5.91 Å².